The lowest BCUT2D eigenvalue weighted by Crippen LogP contribution is -2.30. The van der Waals surface area contributed by atoms with Crippen LogP contribution in [0.25, 0.3) is 0 Å². The molecule has 1 aromatic rings. The number of imide groups is 1. The van der Waals surface area contributed by atoms with Gasteiger partial charge in [0.1, 0.15) is 0 Å². The summed E-state index contributed by atoms with van der Waals surface area (Å²) in [4.78, 5) is 25.8. The predicted molar refractivity (Wildman–Crippen MR) is 66.0 cm³/mol. The Morgan fingerprint density at radius 3 is 2.25 bits per heavy atom. The van der Waals surface area contributed by atoms with Gasteiger partial charge in [-0.3, -0.25) is 14.5 Å². The summed E-state index contributed by atoms with van der Waals surface area (Å²) in [7, 11) is 0. The number of thiophene rings is 1. The molecule has 1 aliphatic heterocycles. The average molecular weight is 300 g/mol. The van der Waals surface area contributed by atoms with Crippen molar-refractivity contribution in [1.82, 2.24) is 4.90 Å². The minimum Gasteiger partial charge on any atom is -0.270 e. The van der Waals surface area contributed by atoms with Crippen LogP contribution in [-0.2, 0) is 16.1 Å². The normalized spacial score (nSPS) is 16.6. The van der Waals surface area contributed by atoms with Crippen LogP contribution in [0, 0.1) is 0 Å². The van der Waals surface area contributed by atoms with Crippen molar-refractivity contribution < 1.29 is 9.59 Å². The first-order chi connectivity index (χ1) is 7.50. The van der Waals surface area contributed by atoms with Crippen molar-refractivity contribution in [3.8, 4) is 0 Å². The van der Waals surface area contributed by atoms with Crippen LogP contribution in [0.1, 0.15) is 18.7 Å². The molecule has 0 fully saturated rings. The first-order valence-corrected chi connectivity index (χ1v) is 6.44. The molecule has 0 aromatic carbocycles. The lowest BCUT2D eigenvalue weighted by molar-refractivity contribution is -0.138. The van der Waals surface area contributed by atoms with Gasteiger partial charge >= 0.3 is 0 Å². The maximum atomic E-state index is 11.8. The van der Waals surface area contributed by atoms with Gasteiger partial charge in [-0.2, -0.15) is 0 Å². The molecule has 0 saturated heterocycles. The van der Waals surface area contributed by atoms with Crippen molar-refractivity contribution in [3.63, 3.8) is 0 Å². The highest BCUT2D eigenvalue weighted by atomic mass is 79.9. The van der Waals surface area contributed by atoms with Gasteiger partial charge in [0.05, 0.1) is 6.54 Å². The summed E-state index contributed by atoms with van der Waals surface area (Å²) in [6.07, 6.45) is 0. The van der Waals surface area contributed by atoms with Gasteiger partial charge in [-0.25, -0.2) is 0 Å². The number of amides is 2. The summed E-state index contributed by atoms with van der Waals surface area (Å²) in [6.45, 7) is 3.75. The average Bonchev–Trinajstić information content (AvgIpc) is 2.73. The molecule has 0 unspecified atom stereocenters. The van der Waals surface area contributed by atoms with E-state index in [-0.39, 0.29) is 11.8 Å². The smallest absolute Gasteiger partial charge is 0.257 e. The molecule has 3 nitrogen and oxygen atoms in total. The maximum absolute atomic E-state index is 11.8. The van der Waals surface area contributed by atoms with Crippen LogP contribution in [0.5, 0.6) is 0 Å². The van der Waals surface area contributed by atoms with Crippen LogP contribution in [0.4, 0.5) is 0 Å². The first kappa shape index (κ1) is 11.5. The topological polar surface area (TPSA) is 37.4 Å². The Kier molecular flexibility index (Phi) is 2.99. The molecule has 0 radical (unpaired) electrons. The van der Waals surface area contributed by atoms with Gasteiger partial charge in [-0.1, -0.05) is 0 Å². The second-order valence-electron chi connectivity index (χ2n) is 3.68. The molecule has 1 aliphatic rings. The SMILES string of the molecule is CC1=C(C)C(=O)N(Cc2cc(Br)cs2)C1=O. The van der Waals surface area contributed by atoms with Crippen LogP contribution >= 0.6 is 27.3 Å². The van der Waals surface area contributed by atoms with Gasteiger partial charge in [0.25, 0.3) is 11.8 Å². The number of nitrogens with zero attached hydrogens (tertiary/aromatic N) is 1. The number of rotatable bonds is 2. The van der Waals surface area contributed by atoms with Gasteiger partial charge in [-0.05, 0) is 35.8 Å². The Labute approximate surface area is 106 Å². The fourth-order valence-electron chi connectivity index (χ4n) is 1.55. The van der Waals surface area contributed by atoms with Crippen LogP contribution in [0.2, 0.25) is 0 Å². The molecule has 0 spiro atoms. The third kappa shape index (κ3) is 1.85. The molecule has 5 heteroatoms. The third-order valence-electron chi connectivity index (χ3n) is 2.63. The van der Waals surface area contributed by atoms with Crippen molar-refractivity contribution in [2.75, 3.05) is 0 Å². The third-order valence-corrected chi connectivity index (χ3v) is 4.31. The van der Waals surface area contributed by atoms with E-state index in [0.29, 0.717) is 17.7 Å². The molecule has 84 valence electrons. The van der Waals surface area contributed by atoms with Gasteiger partial charge in [0.2, 0.25) is 0 Å². The molecule has 2 amide bonds. The summed E-state index contributed by atoms with van der Waals surface area (Å²) in [6, 6.07) is 1.92. The summed E-state index contributed by atoms with van der Waals surface area (Å²) >= 11 is 4.88. The fourth-order valence-corrected chi connectivity index (χ4v) is 2.99. The van der Waals surface area contributed by atoms with Gasteiger partial charge in [0.15, 0.2) is 0 Å². The highest BCUT2D eigenvalue weighted by Gasteiger charge is 2.33. The molecular weight excluding hydrogens is 290 g/mol. The highest BCUT2D eigenvalue weighted by Crippen LogP contribution is 2.26. The van der Waals surface area contributed by atoms with E-state index in [1.807, 2.05) is 11.4 Å². The van der Waals surface area contributed by atoms with E-state index in [9.17, 15) is 9.59 Å². The van der Waals surface area contributed by atoms with E-state index in [1.54, 1.807) is 13.8 Å². The molecular formula is C11H10BrNO2S. The molecule has 0 N–H and O–H groups in total. The van der Waals surface area contributed by atoms with E-state index < -0.39 is 0 Å². The maximum Gasteiger partial charge on any atom is 0.257 e. The highest BCUT2D eigenvalue weighted by molar-refractivity contribution is 9.10. The molecule has 0 saturated carbocycles. The molecule has 2 rings (SSSR count). The van der Waals surface area contributed by atoms with Gasteiger partial charge in [0, 0.05) is 25.9 Å². The molecule has 0 bridgehead atoms. The lowest BCUT2D eigenvalue weighted by Gasteiger charge is -2.13. The second kappa shape index (κ2) is 4.14. The van der Waals surface area contributed by atoms with E-state index in [4.69, 9.17) is 0 Å². The Bertz CT molecular complexity index is 480. The minimum absolute atomic E-state index is 0.174. The summed E-state index contributed by atoms with van der Waals surface area (Å²) < 4.78 is 0.980. The minimum atomic E-state index is -0.174. The van der Waals surface area contributed by atoms with Crippen molar-refractivity contribution in [2.24, 2.45) is 0 Å². The summed E-state index contributed by atoms with van der Waals surface area (Å²) in [5.74, 6) is -0.348. The zero-order valence-corrected chi connectivity index (χ0v) is 11.3. The number of carbonyl (C=O) groups is 2. The molecule has 1 aromatic heterocycles. The van der Waals surface area contributed by atoms with Gasteiger partial charge < -0.3 is 0 Å². The summed E-state index contributed by atoms with van der Waals surface area (Å²) in [5, 5.41) is 1.94. The van der Waals surface area contributed by atoms with E-state index in [2.05, 4.69) is 15.9 Å². The van der Waals surface area contributed by atoms with E-state index >= 15 is 0 Å². The van der Waals surface area contributed by atoms with Crippen LogP contribution in [0.15, 0.2) is 27.1 Å². The van der Waals surface area contributed by atoms with Crippen LogP contribution in [-0.4, -0.2) is 16.7 Å². The molecule has 2 heterocycles. The Morgan fingerprint density at radius 1 is 1.25 bits per heavy atom. The predicted octanol–water partition coefficient (Wildman–Crippen LogP) is 2.72. The number of carbonyl (C=O) groups excluding carboxylic acids is 2. The van der Waals surface area contributed by atoms with Gasteiger partial charge in [-0.15, -0.1) is 11.3 Å². The Morgan fingerprint density at radius 2 is 1.81 bits per heavy atom. The van der Waals surface area contributed by atoms with E-state index in [0.717, 1.165) is 9.35 Å². The second-order valence-corrected chi connectivity index (χ2v) is 5.59. The van der Waals surface area contributed by atoms with E-state index in [1.165, 1.54) is 16.2 Å². The van der Waals surface area contributed by atoms with Crippen LogP contribution < -0.4 is 0 Å². The quantitative estimate of drug-likeness (QED) is 0.788. The lowest BCUT2D eigenvalue weighted by atomic mass is 10.2. The van der Waals surface area contributed by atoms with Crippen LogP contribution in [0.3, 0.4) is 0 Å². The largest absolute Gasteiger partial charge is 0.270 e. The standard InChI is InChI=1S/C11H10BrNO2S/c1-6-7(2)11(15)13(10(6)14)4-9-3-8(12)5-16-9/h3,5H,4H2,1-2H3. The number of hydrogen-bond donors (Lipinski definition) is 0. The van der Waals surface area contributed by atoms with Crippen molar-refractivity contribution in [2.45, 2.75) is 20.4 Å². The Hall–Kier alpha value is -0.940. The summed E-state index contributed by atoms with van der Waals surface area (Å²) in [5.41, 5.74) is 1.11. The zero-order chi connectivity index (χ0) is 11.9. The zero-order valence-electron chi connectivity index (χ0n) is 8.91. The van der Waals surface area contributed by atoms with Crippen molar-refractivity contribution >= 4 is 39.1 Å². The molecule has 0 atom stereocenters. The monoisotopic (exact) mass is 299 g/mol. The van der Waals surface area contributed by atoms with Crippen molar-refractivity contribution in [3.05, 3.63) is 31.9 Å². The van der Waals surface area contributed by atoms with Crippen molar-refractivity contribution in [1.29, 1.82) is 0 Å². The number of hydrogen-bond acceptors (Lipinski definition) is 3. The first-order valence-electron chi connectivity index (χ1n) is 4.77. The molecule has 16 heavy (non-hydrogen) atoms. The number of halogens is 1. The molecule has 0 aliphatic carbocycles. The Balaban J connectivity index is 2.20. The fraction of sp³-hybridized carbons (Fsp3) is 0.273.